The quantitative estimate of drug-likeness (QED) is 0.347. The predicted octanol–water partition coefficient (Wildman–Crippen LogP) is 5.23. The first-order chi connectivity index (χ1) is 16.8. The Morgan fingerprint density at radius 1 is 1.09 bits per heavy atom. The smallest absolute Gasteiger partial charge is 0.418 e. The van der Waals surface area contributed by atoms with E-state index in [1.165, 1.54) is 44.7 Å². The van der Waals surface area contributed by atoms with Crippen LogP contribution < -0.4 is 20.1 Å². The largest absolute Gasteiger partial charge is 0.497 e. The lowest BCUT2D eigenvalue weighted by Gasteiger charge is -2.15. The van der Waals surface area contributed by atoms with Crippen molar-refractivity contribution in [2.45, 2.75) is 12.7 Å². The van der Waals surface area contributed by atoms with Crippen LogP contribution in [-0.4, -0.2) is 30.3 Å². The highest BCUT2D eigenvalue weighted by atomic mass is 19.4. The lowest BCUT2D eigenvalue weighted by atomic mass is 10.1. The number of ether oxygens (including phenoxy) is 2. The number of alkyl halides is 3. The maximum atomic E-state index is 13.7. The fraction of sp³-hybridized carbons (Fsp3) is 0.174. The minimum atomic E-state index is -4.69. The second-order valence-corrected chi connectivity index (χ2v) is 7.12. The first-order valence-corrected chi connectivity index (χ1v) is 10.1. The van der Waals surface area contributed by atoms with Crippen molar-refractivity contribution < 1.29 is 36.4 Å². The molecule has 0 bridgehead atoms. The number of nitrogens with one attached hydrogen (secondary N) is 2. The van der Waals surface area contributed by atoms with Crippen molar-refractivity contribution in [1.82, 2.24) is 10.1 Å². The van der Waals surface area contributed by atoms with E-state index in [1.807, 2.05) is 0 Å². The normalized spacial score (nSPS) is 11.2. The van der Waals surface area contributed by atoms with E-state index in [9.17, 15) is 18.0 Å². The molecule has 182 valence electrons. The second kappa shape index (κ2) is 9.79. The minimum Gasteiger partial charge on any atom is -0.497 e. The lowest BCUT2D eigenvalue weighted by Crippen LogP contribution is -2.14. The molecule has 0 aliphatic rings. The number of rotatable bonds is 8. The molecule has 12 heteroatoms. The van der Waals surface area contributed by atoms with E-state index in [0.717, 1.165) is 6.07 Å². The first kappa shape index (κ1) is 23.7. The molecular weight excluding hydrogens is 469 g/mol. The molecule has 0 saturated carbocycles. The van der Waals surface area contributed by atoms with Gasteiger partial charge in [-0.25, -0.2) is 0 Å². The molecule has 2 heterocycles. The molecular formula is C23H19F3N4O5. The number of hydrogen-bond acceptors (Lipinski definition) is 8. The number of nitrogens with zero attached hydrogens (tertiary/aromatic N) is 2. The zero-order valence-corrected chi connectivity index (χ0v) is 18.5. The third-order valence-corrected chi connectivity index (χ3v) is 4.88. The Kier molecular flexibility index (Phi) is 6.62. The Hall–Kier alpha value is -4.48. The van der Waals surface area contributed by atoms with Crippen molar-refractivity contribution in [2.24, 2.45) is 0 Å². The Labute approximate surface area is 196 Å². The lowest BCUT2D eigenvalue weighted by molar-refractivity contribution is -0.136. The molecule has 0 atom stereocenters. The van der Waals surface area contributed by atoms with Crippen LogP contribution in [-0.2, 0) is 12.7 Å². The molecule has 0 spiro atoms. The highest BCUT2D eigenvalue weighted by molar-refractivity contribution is 6.02. The fourth-order valence-electron chi connectivity index (χ4n) is 3.20. The monoisotopic (exact) mass is 488 g/mol. The van der Waals surface area contributed by atoms with Gasteiger partial charge in [0.2, 0.25) is 11.7 Å². The van der Waals surface area contributed by atoms with Gasteiger partial charge in [-0.2, -0.15) is 18.2 Å². The fourth-order valence-corrected chi connectivity index (χ4v) is 3.20. The molecule has 0 unspecified atom stereocenters. The number of furan rings is 1. The van der Waals surface area contributed by atoms with Gasteiger partial charge in [-0.3, -0.25) is 4.79 Å². The third-order valence-electron chi connectivity index (χ3n) is 4.88. The van der Waals surface area contributed by atoms with Crippen molar-refractivity contribution in [1.29, 1.82) is 0 Å². The minimum absolute atomic E-state index is 0.0264. The zero-order chi connectivity index (χ0) is 25.0. The topological polar surface area (TPSA) is 112 Å². The van der Waals surface area contributed by atoms with E-state index in [0.29, 0.717) is 17.1 Å². The van der Waals surface area contributed by atoms with Crippen LogP contribution in [0, 0.1) is 0 Å². The summed E-state index contributed by atoms with van der Waals surface area (Å²) in [4.78, 5) is 16.3. The number of carbonyl (C=O) groups is 1. The number of benzene rings is 2. The van der Waals surface area contributed by atoms with Crippen LogP contribution in [0.1, 0.15) is 22.0 Å². The highest BCUT2D eigenvalue weighted by Gasteiger charge is 2.34. The molecule has 9 nitrogen and oxygen atoms in total. The second-order valence-electron chi connectivity index (χ2n) is 7.12. The highest BCUT2D eigenvalue weighted by Crippen LogP contribution is 2.37. The molecule has 2 N–H and O–H groups in total. The van der Waals surface area contributed by atoms with Gasteiger partial charge in [-0.05, 0) is 42.5 Å². The number of anilines is 2. The van der Waals surface area contributed by atoms with Crippen LogP contribution in [0.15, 0.2) is 63.7 Å². The van der Waals surface area contributed by atoms with Crippen LogP contribution in [0.2, 0.25) is 0 Å². The number of carbonyl (C=O) groups excluding carboxylic acids is 1. The predicted molar refractivity (Wildman–Crippen MR) is 118 cm³/mol. The molecule has 2 aromatic carbocycles. The Morgan fingerprint density at radius 3 is 2.60 bits per heavy atom. The van der Waals surface area contributed by atoms with Gasteiger partial charge in [0, 0.05) is 17.4 Å². The van der Waals surface area contributed by atoms with Gasteiger partial charge >= 0.3 is 6.18 Å². The molecule has 2 aromatic heterocycles. The molecule has 0 aliphatic heterocycles. The van der Waals surface area contributed by atoms with E-state index < -0.39 is 17.6 Å². The molecule has 4 rings (SSSR count). The van der Waals surface area contributed by atoms with Crippen molar-refractivity contribution in [3.63, 3.8) is 0 Å². The standard InChI is InChI=1S/C23H19F3N4O5/c1-32-14-6-7-15(19(11-14)33-2)21-29-20(35-30-21)12-27-17-8-5-13(10-16(17)23(24,25)26)28-22(31)18-4-3-9-34-18/h3-11,27H,12H2,1-2H3,(H,28,31). The summed E-state index contributed by atoms with van der Waals surface area (Å²) in [5.41, 5.74) is -0.728. The van der Waals surface area contributed by atoms with Gasteiger partial charge in [0.05, 0.1) is 38.2 Å². The molecule has 0 fully saturated rings. The van der Waals surface area contributed by atoms with Crippen LogP contribution in [0.3, 0.4) is 0 Å². The summed E-state index contributed by atoms with van der Waals surface area (Å²) in [6.07, 6.45) is -3.40. The average Bonchev–Trinajstić information content (AvgIpc) is 3.55. The molecule has 0 aliphatic carbocycles. The molecule has 35 heavy (non-hydrogen) atoms. The number of methoxy groups -OCH3 is 2. The Morgan fingerprint density at radius 2 is 1.91 bits per heavy atom. The van der Waals surface area contributed by atoms with Gasteiger partial charge in [-0.15, -0.1) is 0 Å². The summed E-state index contributed by atoms with van der Waals surface area (Å²) in [7, 11) is 2.99. The van der Waals surface area contributed by atoms with Crippen molar-refractivity contribution in [3.8, 4) is 22.9 Å². The average molecular weight is 488 g/mol. The number of hydrogen-bond donors (Lipinski definition) is 2. The molecule has 0 saturated heterocycles. The number of amides is 1. The number of aromatic nitrogens is 2. The van der Waals surface area contributed by atoms with E-state index in [-0.39, 0.29) is 35.4 Å². The van der Waals surface area contributed by atoms with Gasteiger partial charge in [0.25, 0.3) is 5.91 Å². The van der Waals surface area contributed by atoms with E-state index in [2.05, 4.69) is 20.8 Å². The van der Waals surface area contributed by atoms with E-state index >= 15 is 0 Å². The molecule has 4 aromatic rings. The molecule has 0 radical (unpaired) electrons. The summed E-state index contributed by atoms with van der Waals surface area (Å²) < 4.78 is 61.7. The van der Waals surface area contributed by atoms with Gasteiger partial charge in [0.15, 0.2) is 5.76 Å². The first-order valence-electron chi connectivity index (χ1n) is 10.1. The van der Waals surface area contributed by atoms with Gasteiger partial charge in [-0.1, -0.05) is 5.16 Å². The summed E-state index contributed by atoms with van der Waals surface area (Å²) in [5.74, 6) is 0.572. The summed E-state index contributed by atoms with van der Waals surface area (Å²) in [6.45, 7) is -0.174. The maximum absolute atomic E-state index is 13.7. The van der Waals surface area contributed by atoms with Crippen LogP contribution in [0.25, 0.3) is 11.4 Å². The zero-order valence-electron chi connectivity index (χ0n) is 18.5. The Bertz CT molecular complexity index is 1320. The summed E-state index contributed by atoms with van der Waals surface area (Å²) in [5, 5.41) is 8.91. The number of halogens is 3. The SMILES string of the molecule is COc1ccc(-c2noc(CNc3ccc(NC(=O)c4ccco4)cc3C(F)(F)F)n2)c(OC)c1. The van der Waals surface area contributed by atoms with Gasteiger partial charge < -0.3 is 29.0 Å². The Balaban J connectivity index is 1.51. The summed E-state index contributed by atoms with van der Waals surface area (Å²) >= 11 is 0. The van der Waals surface area contributed by atoms with Crippen molar-refractivity contribution in [3.05, 3.63) is 72.0 Å². The summed E-state index contributed by atoms with van der Waals surface area (Å²) in [6, 6.07) is 11.3. The van der Waals surface area contributed by atoms with E-state index in [4.69, 9.17) is 18.4 Å². The molecule has 1 amide bonds. The van der Waals surface area contributed by atoms with Crippen molar-refractivity contribution in [2.75, 3.05) is 24.9 Å². The third kappa shape index (κ3) is 5.37. The van der Waals surface area contributed by atoms with Crippen LogP contribution in [0.4, 0.5) is 24.5 Å². The van der Waals surface area contributed by atoms with Gasteiger partial charge in [0.1, 0.15) is 11.5 Å². The van der Waals surface area contributed by atoms with Crippen LogP contribution >= 0.6 is 0 Å². The van der Waals surface area contributed by atoms with Crippen molar-refractivity contribution >= 4 is 17.3 Å². The van der Waals surface area contributed by atoms with E-state index in [1.54, 1.807) is 18.2 Å². The van der Waals surface area contributed by atoms with Crippen LogP contribution in [0.5, 0.6) is 11.5 Å². The maximum Gasteiger partial charge on any atom is 0.418 e.